The summed E-state index contributed by atoms with van der Waals surface area (Å²) in [4.78, 5) is 27.5. The minimum absolute atomic E-state index is 0.0239. The van der Waals surface area contributed by atoms with Crippen molar-refractivity contribution >= 4 is 11.9 Å². The molecular formula is C24H27F6NO6. The average Bonchev–Trinajstić information content (AvgIpc) is 2.84. The van der Waals surface area contributed by atoms with Crippen molar-refractivity contribution in [3.63, 3.8) is 0 Å². The first-order valence-corrected chi connectivity index (χ1v) is 10.9. The molecule has 0 saturated heterocycles. The summed E-state index contributed by atoms with van der Waals surface area (Å²) in [6.45, 7) is 3.98. The lowest BCUT2D eigenvalue weighted by atomic mass is 10.1. The van der Waals surface area contributed by atoms with Crippen molar-refractivity contribution in [3.05, 3.63) is 58.7 Å². The monoisotopic (exact) mass is 539 g/mol. The number of carboxylic acid groups (broad SMARTS) is 1. The first-order valence-electron chi connectivity index (χ1n) is 10.9. The number of amides is 1. The zero-order valence-electron chi connectivity index (χ0n) is 20.5. The fourth-order valence-electron chi connectivity index (χ4n) is 2.67. The third-order valence-corrected chi connectivity index (χ3v) is 4.56. The number of hydrogen-bond acceptors (Lipinski definition) is 5. The van der Waals surface area contributed by atoms with Gasteiger partial charge in [0.15, 0.2) is 0 Å². The Hall–Kier alpha value is -3.48. The number of ether oxygens (including phenoxy) is 2. The Morgan fingerprint density at radius 3 is 1.57 bits per heavy atom. The van der Waals surface area contributed by atoms with Crippen molar-refractivity contribution in [2.24, 2.45) is 0 Å². The van der Waals surface area contributed by atoms with Gasteiger partial charge in [0.1, 0.15) is 17.1 Å². The largest absolute Gasteiger partial charge is 0.493 e. The van der Waals surface area contributed by atoms with Crippen LogP contribution in [0.25, 0.3) is 0 Å². The third-order valence-electron chi connectivity index (χ3n) is 4.56. The molecule has 0 aliphatic rings. The van der Waals surface area contributed by atoms with Crippen molar-refractivity contribution < 1.29 is 55.3 Å². The van der Waals surface area contributed by atoms with Gasteiger partial charge in [0.25, 0.3) is 5.91 Å². The van der Waals surface area contributed by atoms with E-state index in [-0.39, 0.29) is 35.8 Å². The quantitative estimate of drug-likeness (QED) is 0.297. The second kappa shape index (κ2) is 13.7. The van der Waals surface area contributed by atoms with Gasteiger partial charge in [0.05, 0.1) is 37.0 Å². The molecule has 0 spiro atoms. The van der Waals surface area contributed by atoms with Gasteiger partial charge in [-0.1, -0.05) is 13.8 Å². The maximum Gasteiger partial charge on any atom is 0.416 e. The van der Waals surface area contributed by atoms with Gasteiger partial charge in [-0.3, -0.25) is 9.63 Å². The van der Waals surface area contributed by atoms with Gasteiger partial charge in [-0.2, -0.15) is 26.3 Å². The molecule has 0 heterocycles. The number of rotatable bonds is 9. The number of alkyl halides is 6. The van der Waals surface area contributed by atoms with Crippen LogP contribution < -0.4 is 9.47 Å². The lowest BCUT2D eigenvalue weighted by molar-refractivity contribution is -0.138. The first kappa shape index (κ1) is 31.5. The van der Waals surface area contributed by atoms with Gasteiger partial charge in [-0.25, -0.2) is 9.86 Å². The Morgan fingerprint density at radius 2 is 1.22 bits per heavy atom. The minimum Gasteiger partial charge on any atom is -0.493 e. The summed E-state index contributed by atoms with van der Waals surface area (Å²) in [5, 5.41) is 9.72. The molecule has 0 unspecified atom stereocenters. The first-order chi connectivity index (χ1) is 17.2. The second-order valence-corrected chi connectivity index (χ2v) is 7.40. The van der Waals surface area contributed by atoms with E-state index in [1.807, 2.05) is 6.92 Å². The summed E-state index contributed by atoms with van der Waals surface area (Å²) in [5.41, 5.74) is -2.03. The number of carbonyl (C=O) groups excluding carboxylic acids is 1. The molecule has 13 heteroatoms. The fourth-order valence-corrected chi connectivity index (χ4v) is 2.67. The maximum absolute atomic E-state index is 12.7. The van der Waals surface area contributed by atoms with Gasteiger partial charge in [0.2, 0.25) is 0 Å². The van der Waals surface area contributed by atoms with Gasteiger partial charge >= 0.3 is 18.3 Å². The number of carbonyl (C=O) groups is 2. The lowest BCUT2D eigenvalue weighted by Gasteiger charge is -2.18. The molecule has 7 nitrogen and oxygen atoms in total. The standard InChI is InChI=1S/C13H16F3NO3.C11H11F3O3/c1-4-7-20-11-8-9(13(14,15)16)5-6-10(11)12(18)17(2)19-3;1-2-5-17-9-6-7(11(12,13)14)3-4-8(9)10(15)16/h5-6,8H,4,7H2,1-3H3;3-4,6H,2,5H2,1H3,(H,15,16). The van der Waals surface area contributed by atoms with Gasteiger partial charge in [0, 0.05) is 7.05 Å². The molecule has 206 valence electrons. The smallest absolute Gasteiger partial charge is 0.416 e. The van der Waals surface area contributed by atoms with E-state index in [2.05, 4.69) is 0 Å². The highest BCUT2D eigenvalue weighted by Crippen LogP contribution is 2.34. The number of carboxylic acids is 1. The molecule has 2 rings (SSSR count). The van der Waals surface area contributed by atoms with E-state index < -0.39 is 35.4 Å². The predicted molar refractivity (Wildman–Crippen MR) is 121 cm³/mol. The lowest BCUT2D eigenvalue weighted by Crippen LogP contribution is -2.26. The van der Waals surface area contributed by atoms with Crippen LogP contribution in [-0.2, 0) is 17.2 Å². The Kier molecular flexibility index (Phi) is 11.7. The molecular weight excluding hydrogens is 512 g/mol. The molecule has 2 aromatic carbocycles. The van der Waals surface area contributed by atoms with Crippen LogP contribution >= 0.6 is 0 Å². The van der Waals surface area contributed by atoms with E-state index in [0.29, 0.717) is 18.9 Å². The van der Waals surface area contributed by atoms with Crippen LogP contribution in [0.4, 0.5) is 26.3 Å². The third kappa shape index (κ3) is 9.48. The molecule has 0 saturated carbocycles. The molecule has 0 radical (unpaired) electrons. The molecule has 0 bridgehead atoms. The number of hydroxylamine groups is 2. The van der Waals surface area contributed by atoms with Crippen LogP contribution in [-0.4, -0.2) is 49.4 Å². The highest BCUT2D eigenvalue weighted by Gasteiger charge is 2.33. The van der Waals surface area contributed by atoms with E-state index >= 15 is 0 Å². The normalized spacial score (nSPS) is 11.3. The number of benzene rings is 2. The maximum atomic E-state index is 12.7. The van der Waals surface area contributed by atoms with Crippen LogP contribution in [0, 0.1) is 0 Å². The van der Waals surface area contributed by atoms with Gasteiger partial charge in [-0.05, 0) is 49.2 Å². The van der Waals surface area contributed by atoms with Crippen LogP contribution in [0.15, 0.2) is 36.4 Å². The van der Waals surface area contributed by atoms with E-state index in [9.17, 15) is 35.9 Å². The molecule has 1 amide bonds. The van der Waals surface area contributed by atoms with Crippen LogP contribution in [0.1, 0.15) is 58.5 Å². The average molecular weight is 539 g/mol. The Bertz CT molecular complexity index is 1060. The number of halogens is 6. The molecule has 0 atom stereocenters. The van der Waals surface area contributed by atoms with Crippen LogP contribution in [0.2, 0.25) is 0 Å². The topological polar surface area (TPSA) is 85.3 Å². The van der Waals surface area contributed by atoms with Crippen LogP contribution in [0.3, 0.4) is 0 Å². The summed E-state index contributed by atoms with van der Waals surface area (Å²) in [7, 11) is 2.65. The Balaban J connectivity index is 0.000000375. The van der Waals surface area contributed by atoms with Crippen molar-refractivity contribution in [3.8, 4) is 11.5 Å². The fraction of sp³-hybridized carbons (Fsp3) is 0.417. The van der Waals surface area contributed by atoms with E-state index in [4.69, 9.17) is 19.4 Å². The van der Waals surface area contributed by atoms with Crippen molar-refractivity contribution in [2.45, 2.75) is 39.0 Å². The van der Waals surface area contributed by atoms with E-state index in [1.54, 1.807) is 6.92 Å². The highest BCUT2D eigenvalue weighted by molar-refractivity contribution is 5.96. The summed E-state index contributed by atoms with van der Waals surface area (Å²) in [5.74, 6) is -2.25. The van der Waals surface area contributed by atoms with Crippen molar-refractivity contribution in [1.29, 1.82) is 0 Å². The molecule has 37 heavy (non-hydrogen) atoms. The Morgan fingerprint density at radius 1 is 0.811 bits per heavy atom. The van der Waals surface area contributed by atoms with E-state index in [0.717, 1.165) is 35.4 Å². The predicted octanol–water partition coefficient (Wildman–Crippen LogP) is 6.32. The highest BCUT2D eigenvalue weighted by atomic mass is 19.4. The Labute approximate surface area is 209 Å². The zero-order chi connectivity index (χ0) is 28.4. The summed E-state index contributed by atoms with van der Waals surface area (Å²) < 4.78 is 85.5. The number of aromatic carboxylic acids is 1. The molecule has 1 N–H and O–H groups in total. The number of hydrogen-bond donors (Lipinski definition) is 1. The molecule has 0 aliphatic heterocycles. The SMILES string of the molecule is CCCOc1cc(C(F)(F)F)ccc1C(=O)N(C)OC.CCCOc1cc(C(F)(F)F)ccc1C(=O)O. The molecule has 2 aromatic rings. The summed E-state index contributed by atoms with van der Waals surface area (Å²) in [6, 6.07) is 5.09. The number of nitrogens with zero attached hydrogens (tertiary/aromatic N) is 1. The van der Waals surface area contributed by atoms with Crippen molar-refractivity contribution in [2.75, 3.05) is 27.4 Å². The van der Waals surface area contributed by atoms with Gasteiger partial charge < -0.3 is 14.6 Å². The summed E-state index contributed by atoms with van der Waals surface area (Å²) >= 11 is 0. The zero-order valence-corrected chi connectivity index (χ0v) is 20.5. The second-order valence-electron chi connectivity index (χ2n) is 7.40. The van der Waals surface area contributed by atoms with E-state index in [1.165, 1.54) is 14.2 Å². The van der Waals surface area contributed by atoms with Crippen LogP contribution in [0.5, 0.6) is 11.5 Å². The van der Waals surface area contributed by atoms with Crippen molar-refractivity contribution in [1.82, 2.24) is 5.06 Å². The molecule has 0 aliphatic carbocycles. The molecule has 0 fully saturated rings. The molecule has 0 aromatic heterocycles. The van der Waals surface area contributed by atoms with Gasteiger partial charge in [-0.15, -0.1) is 0 Å². The minimum atomic E-state index is -4.51. The summed E-state index contributed by atoms with van der Waals surface area (Å²) in [6.07, 6.45) is -7.81.